The second-order valence-electron chi connectivity index (χ2n) is 4.41. The van der Waals surface area contributed by atoms with Crippen molar-refractivity contribution in [2.75, 3.05) is 20.6 Å². The first-order valence-corrected chi connectivity index (χ1v) is 5.13. The van der Waals surface area contributed by atoms with Gasteiger partial charge in [0.1, 0.15) is 6.54 Å². The summed E-state index contributed by atoms with van der Waals surface area (Å²) < 4.78 is 0. The molecule has 0 aliphatic rings. The summed E-state index contributed by atoms with van der Waals surface area (Å²) in [6, 6.07) is -0.486. The summed E-state index contributed by atoms with van der Waals surface area (Å²) in [7, 11) is 2.93. The molecule has 0 unspecified atom stereocenters. The van der Waals surface area contributed by atoms with Crippen molar-refractivity contribution in [3.63, 3.8) is 0 Å². The van der Waals surface area contributed by atoms with Crippen molar-refractivity contribution in [3.8, 4) is 0 Å². The number of nitrogens with one attached hydrogen (secondary N) is 2. The highest BCUT2D eigenvalue weighted by Crippen LogP contribution is 2.08. The smallest absolute Gasteiger partial charge is 0.318 e. The monoisotopic (exact) mass is 245 g/mol. The Labute approximate surface area is 100 Å². The highest BCUT2D eigenvalue weighted by atomic mass is 16.4. The van der Waals surface area contributed by atoms with Crippen LogP contribution in [0.1, 0.15) is 20.3 Å². The molecule has 3 amide bonds. The van der Waals surface area contributed by atoms with Gasteiger partial charge in [0.25, 0.3) is 0 Å². The fourth-order valence-corrected chi connectivity index (χ4v) is 1.17. The first-order chi connectivity index (χ1) is 7.68. The van der Waals surface area contributed by atoms with E-state index in [0.29, 0.717) is 0 Å². The fourth-order valence-electron chi connectivity index (χ4n) is 1.17. The molecule has 0 saturated heterocycles. The Kier molecular flexibility index (Phi) is 5.43. The van der Waals surface area contributed by atoms with Crippen LogP contribution in [0.15, 0.2) is 0 Å². The van der Waals surface area contributed by atoms with Gasteiger partial charge in [-0.15, -0.1) is 0 Å². The standard InChI is InChI=1S/C10H19N3O4/c1-10(2,5-8(15)16)12-9(17)13(4)6-7(14)11-3/h5-6H2,1-4H3,(H,11,14)(H,12,17)(H,15,16). The molecule has 0 saturated carbocycles. The number of amides is 3. The topological polar surface area (TPSA) is 98.7 Å². The molecule has 0 aromatic carbocycles. The molecule has 7 heteroatoms. The van der Waals surface area contributed by atoms with Crippen LogP contribution in [-0.2, 0) is 9.59 Å². The van der Waals surface area contributed by atoms with Crippen LogP contribution in [0.3, 0.4) is 0 Å². The maximum atomic E-state index is 11.6. The summed E-state index contributed by atoms with van der Waals surface area (Å²) in [5.74, 6) is -1.29. The molecule has 98 valence electrons. The van der Waals surface area contributed by atoms with Gasteiger partial charge in [0.15, 0.2) is 0 Å². The lowest BCUT2D eigenvalue weighted by molar-refractivity contribution is -0.138. The minimum Gasteiger partial charge on any atom is -0.481 e. The van der Waals surface area contributed by atoms with Crippen molar-refractivity contribution < 1.29 is 19.5 Å². The lowest BCUT2D eigenvalue weighted by Gasteiger charge is -2.27. The zero-order valence-electron chi connectivity index (χ0n) is 10.5. The lowest BCUT2D eigenvalue weighted by Crippen LogP contribution is -2.51. The molecular formula is C10H19N3O4. The Morgan fingerprint density at radius 3 is 2.24 bits per heavy atom. The van der Waals surface area contributed by atoms with Gasteiger partial charge in [-0.1, -0.05) is 0 Å². The van der Waals surface area contributed by atoms with E-state index in [2.05, 4.69) is 10.6 Å². The summed E-state index contributed by atoms with van der Waals surface area (Å²) in [5.41, 5.74) is -0.861. The SMILES string of the molecule is CNC(=O)CN(C)C(=O)NC(C)(C)CC(=O)O. The van der Waals surface area contributed by atoms with Crippen LogP contribution in [0.4, 0.5) is 4.79 Å². The van der Waals surface area contributed by atoms with Crippen molar-refractivity contribution in [3.05, 3.63) is 0 Å². The molecule has 0 radical (unpaired) electrons. The van der Waals surface area contributed by atoms with Crippen molar-refractivity contribution in [2.45, 2.75) is 25.8 Å². The van der Waals surface area contributed by atoms with Crippen molar-refractivity contribution >= 4 is 17.9 Å². The number of carbonyl (C=O) groups is 3. The predicted molar refractivity (Wildman–Crippen MR) is 61.6 cm³/mol. The normalized spacial score (nSPS) is 10.6. The maximum absolute atomic E-state index is 11.6. The molecule has 0 rings (SSSR count). The van der Waals surface area contributed by atoms with Crippen LogP contribution in [0, 0.1) is 0 Å². The third-order valence-electron chi connectivity index (χ3n) is 2.04. The lowest BCUT2D eigenvalue weighted by atomic mass is 10.0. The Bertz CT molecular complexity index is 315. The Balaban J connectivity index is 4.33. The van der Waals surface area contributed by atoms with Crippen molar-refractivity contribution in [1.29, 1.82) is 0 Å². The van der Waals surface area contributed by atoms with E-state index in [-0.39, 0.29) is 18.9 Å². The van der Waals surface area contributed by atoms with Gasteiger partial charge < -0.3 is 20.6 Å². The number of carboxylic acids is 1. The van der Waals surface area contributed by atoms with Crippen LogP contribution >= 0.6 is 0 Å². The number of nitrogens with zero attached hydrogens (tertiary/aromatic N) is 1. The van der Waals surface area contributed by atoms with Gasteiger partial charge in [0, 0.05) is 19.6 Å². The molecule has 3 N–H and O–H groups in total. The van der Waals surface area contributed by atoms with Crippen LogP contribution in [-0.4, -0.2) is 54.1 Å². The number of rotatable bonds is 5. The van der Waals surface area contributed by atoms with Gasteiger partial charge in [-0.2, -0.15) is 0 Å². The third-order valence-corrected chi connectivity index (χ3v) is 2.04. The van der Waals surface area contributed by atoms with Crippen LogP contribution < -0.4 is 10.6 Å². The van der Waals surface area contributed by atoms with Gasteiger partial charge >= 0.3 is 12.0 Å². The number of hydrogen-bond acceptors (Lipinski definition) is 3. The molecule has 0 spiro atoms. The van der Waals surface area contributed by atoms with E-state index in [1.807, 2.05) is 0 Å². The Hall–Kier alpha value is -1.79. The molecule has 0 atom stereocenters. The largest absolute Gasteiger partial charge is 0.481 e. The molecule has 17 heavy (non-hydrogen) atoms. The molecule has 0 fully saturated rings. The molecule has 0 bridgehead atoms. The maximum Gasteiger partial charge on any atom is 0.318 e. The fraction of sp³-hybridized carbons (Fsp3) is 0.700. The molecule has 0 aromatic heterocycles. The number of carbonyl (C=O) groups excluding carboxylic acids is 2. The minimum atomic E-state index is -0.996. The highest BCUT2D eigenvalue weighted by Gasteiger charge is 2.25. The van der Waals surface area contributed by atoms with E-state index in [0.717, 1.165) is 0 Å². The zero-order valence-corrected chi connectivity index (χ0v) is 10.5. The molecule has 0 aliphatic carbocycles. The molecule has 7 nitrogen and oxygen atoms in total. The summed E-state index contributed by atoms with van der Waals surface area (Å²) in [4.78, 5) is 34.4. The summed E-state index contributed by atoms with van der Waals surface area (Å²) in [6.07, 6.45) is -0.188. The van der Waals surface area contributed by atoms with E-state index in [4.69, 9.17) is 5.11 Å². The van der Waals surface area contributed by atoms with Crippen LogP contribution in [0.2, 0.25) is 0 Å². The highest BCUT2D eigenvalue weighted by molar-refractivity contribution is 5.84. The van der Waals surface area contributed by atoms with E-state index < -0.39 is 17.5 Å². The first kappa shape index (κ1) is 15.2. The van der Waals surface area contributed by atoms with Gasteiger partial charge in [-0.25, -0.2) is 4.79 Å². The molecule has 0 heterocycles. The predicted octanol–water partition coefficient (Wildman–Crippen LogP) is -0.373. The quantitative estimate of drug-likeness (QED) is 0.615. The van der Waals surface area contributed by atoms with Gasteiger partial charge in [0.2, 0.25) is 5.91 Å². The van der Waals surface area contributed by atoms with E-state index in [1.165, 1.54) is 19.0 Å². The summed E-state index contributed by atoms with van der Waals surface area (Å²) in [6.45, 7) is 3.13. The van der Waals surface area contributed by atoms with Gasteiger partial charge in [-0.05, 0) is 13.8 Å². The number of likely N-dealkylation sites (N-methyl/N-ethyl adjacent to an activating group) is 2. The van der Waals surface area contributed by atoms with Gasteiger partial charge in [-0.3, -0.25) is 9.59 Å². The second-order valence-corrected chi connectivity index (χ2v) is 4.41. The van der Waals surface area contributed by atoms with Crippen molar-refractivity contribution in [2.24, 2.45) is 0 Å². The molecule has 0 aliphatic heterocycles. The number of aliphatic carboxylic acids is 1. The van der Waals surface area contributed by atoms with E-state index in [1.54, 1.807) is 13.8 Å². The first-order valence-electron chi connectivity index (χ1n) is 5.13. The second kappa shape index (κ2) is 6.07. The average Bonchev–Trinajstić information content (AvgIpc) is 2.14. The minimum absolute atomic E-state index is 0.0779. The third kappa shape index (κ3) is 6.39. The number of hydrogen-bond donors (Lipinski definition) is 3. The zero-order chi connectivity index (χ0) is 13.6. The summed E-state index contributed by atoms with van der Waals surface area (Å²) >= 11 is 0. The molecule has 0 aromatic rings. The van der Waals surface area contributed by atoms with Gasteiger partial charge in [0.05, 0.1) is 6.42 Å². The number of urea groups is 1. The number of carboxylic acid groups (broad SMARTS) is 1. The van der Waals surface area contributed by atoms with E-state index >= 15 is 0 Å². The van der Waals surface area contributed by atoms with Crippen LogP contribution in [0.25, 0.3) is 0 Å². The van der Waals surface area contributed by atoms with E-state index in [9.17, 15) is 14.4 Å². The molecular weight excluding hydrogens is 226 g/mol. The van der Waals surface area contributed by atoms with Crippen LogP contribution in [0.5, 0.6) is 0 Å². The Morgan fingerprint density at radius 2 is 1.82 bits per heavy atom. The van der Waals surface area contributed by atoms with Crippen molar-refractivity contribution in [1.82, 2.24) is 15.5 Å². The Morgan fingerprint density at radius 1 is 1.29 bits per heavy atom. The summed E-state index contributed by atoms with van der Waals surface area (Å²) in [5, 5.41) is 13.6. The average molecular weight is 245 g/mol.